The van der Waals surface area contributed by atoms with Crippen LogP contribution in [0.4, 0.5) is 0 Å². The van der Waals surface area contributed by atoms with E-state index in [0.29, 0.717) is 61.7 Å². The van der Waals surface area contributed by atoms with Gasteiger partial charge in [0.2, 0.25) is 41.4 Å². The number of carbonyl (C=O) groups is 7. The van der Waals surface area contributed by atoms with E-state index in [4.69, 9.17) is 0 Å². The number of nitrogens with one attached hydrogen (secondary N) is 4. The Kier molecular flexibility index (Phi) is 18.9. The second kappa shape index (κ2) is 21.8. The Morgan fingerprint density at radius 1 is 0.395 bits per heavy atom. The van der Waals surface area contributed by atoms with Crippen molar-refractivity contribution in [3.8, 4) is 0 Å². The summed E-state index contributed by atoms with van der Waals surface area (Å²) in [5.74, 6) is -3.97. The molecule has 0 aromatic rings. The van der Waals surface area contributed by atoms with Crippen molar-refractivity contribution in [2.45, 2.75) is 77.0 Å². The topological polar surface area (TPSA) is 238 Å². The van der Waals surface area contributed by atoms with Gasteiger partial charge in [0.1, 0.15) is 6.54 Å². The highest BCUT2D eigenvalue weighted by atomic mass is 16.5. The number of hydrogen-bond donors (Lipinski definition) is 7. The van der Waals surface area contributed by atoms with Crippen LogP contribution in [0.25, 0.3) is 0 Å². The highest BCUT2D eigenvalue weighted by Gasteiger charge is 2.17. The first-order valence-electron chi connectivity index (χ1n) is 14.5. The standard InChI is InChI=1S/C26H45N7O10/c34-20-7-10-24(38)31(41)17-5-2-4-14-28-21(35)9-12-26(40)33(43)19-23(37)30-16-15-29-22(36)8-11-25(39)32(42)18-6-1-3-13-27-20/h41-43H,1-19H2,(H,27,34)(H,28,35)(H,29,36)(H,30,37). The number of rotatable bonds is 0. The lowest BCUT2D eigenvalue weighted by molar-refractivity contribution is -0.169. The third-order valence-corrected chi connectivity index (χ3v) is 6.36. The van der Waals surface area contributed by atoms with E-state index >= 15 is 0 Å². The molecule has 17 heteroatoms. The molecule has 1 heterocycles. The van der Waals surface area contributed by atoms with Gasteiger partial charge in [0.05, 0.1) is 0 Å². The zero-order valence-corrected chi connectivity index (χ0v) is 24.5. The van der Waals surface area contributed by atoms with Gasteiger partial charge in [-0.1, -0.05) is 0 Å². The molecule has 0 aromatic carbocycles. The van der Waals surface area contributed by atoms with Crippen LogP contribution in [0.1, 0.15) is 77.0 Å². The fraction of sp³-hybridized carbons (Fsp3) is 0.731. The van der Waals surface area contributed by atoms with Crippen molar-refractivity contribution in [3.05, 3.63) is 0 Å². The molecule has 1 saturated heterocycles. The molecule has 1 rings (SSSR count). The molecule has 0 bridgehead atoms. The van der Waals surface area contributed by atoms with Crippen molar-refractivity contribution in [1.82, 2.24) is 36.5 Å². The van der Waals surface area contributed by atoms with Crippen LogP contribution in [-0.4, -0.2) is 118 Å². The second-order valence-corrected chi connectivity index (χ2v) is 10.0. The molecule has 0 radical (unpaired) electrons. The quantitative estimate of drug-likeness (QED) is 0.161. The molecule has 0 unspecified atom stereocenters. The highest BCUT2D eigenvalue weighted by molar-refractivity contribution is 5.87. The van der Waals surface area contributed by atoms with Gasteiger partial charge in [-0.05, 0) is 38.5 Å². The van der Waals surface area contributed by atoms with Crippen molar-refractivity contribution in [3.63, 3.8) is 0 Å². The van der Waals surface area contributed by atoms with Gasteiger partial charge < -0.3 is 21.3 Å². The zero-order chi connectivity index (χ0) is 32.0. The van der Waals surface area contributed by atoms with Crippen LogP contribution in [0, 0.1) is 0 Å². The Hall–Kier alpha value is -3.83. The van der Waals surface area contributed by atoms with E-state index < -0.39 is 42.0 Å². The van der Waals surface area contributed by atoms with Gasteiger partial charge in [0.25, 0.3) is 0 Å². The van der Waals surface area contributed by atoms with E-state index in [2.05, 4.69) is 21.3 Å². The monoisotopic (exact) mass is 615 g/mol. The zero-order valence-electron chi connectivity index (χ0n) is 24.5. The molecule has 0 aromatic heterocycles. The van der Waals surface area contributed by atoms with Gasteiger partial charge in [-0.15, -0.1) is 0 Å². The first kappa shape index (κ1) is 37.2. The number of hydrogen-bond acceptors (Lipinski definition) is 10. The van der Waals surface area contributed by atoms with E-state index in [0.717, 1.165) is 0 Å². The summed E-state index contributed by atoms with van der Waals surface area (Å²) >= 11 is 0. The molecule has 7 N–H and O–H groups in total. The summed E-state index contributed by atoms with van der Waals surface area (Å²) in [6.07, 6.45) is 2.09. The van der Waals surface area contributed by atoms with Crippen LogP contribution < -0.4 is 21.3 Å². The summed E-state index contributed by atoms with van der Waals surface area (Å²) in [7, 11) is 0. The van der Waals surface area contributed by atoms with Crippen LogP contribution >= 0.6 is 0 Å². The van der Waals surface area contributed by atoms with E-state index in [1.807, 2.05) is 0 Å². The summed E-state index contributed by atoms with van der Waals surface area (Å²) in [6, 6.07) is 0. The van der Waals surface area contributed by atoms with Gasteiger partial charge in [0.15, 0.2) is 0 Å². The Morgan fingerprint density at radius 3 is 1.16 bits per heavy atom. The van der Waals surface area contributed by atoms with Crippen molar-refractivity contribution in [2.24, 2.45) is 0 Å². The van der Waals surface area contributed by atoms with E-state index in [-0.39, 0.29) is 75.7 Å². The predicted molar refractivity (Wildman–Crippen MR) is 148 cm³/mol. The molecule has 43 heavy (non-hydrogen) atoms. The van der Waals surface area contributed by atoms with Gasteiger partial charge in [0, 0.05) is 77.8 Å². The van der Waals surface area contributed by atoms with E-state index in [1.165, 1.54) is 0 Å². The predicted octanol–water partition coefficient (Wildman–Crippen LogP) is -1.20. The van der Waals surface area contributed by atoms with Crippen LogP contribution in [0.3, 0.4) is 0 Å². The first-order valence-corrected chi connectivity index (χ1v) is 14.5. The minimum atomic E-state index is -0.826. The summed E-state index contributed by atoms with van der Waals surface area (Å²) < 4.78 is 0. The molecule has 0 atom stereocenters. The number of carbonyl (C=O) groups excluding carboxylic acids is 7. The third kappa shape index (κ3) is 18.3. The van der Waals surface area contributed by atoms with Gasteiger partial charge >= 0.3 is 0 Å². The molecule has 17 nitrogen and oxygen atoms in total. The minimum Gasteiger partial charge on any atom is -0.356 e. The van der Waals surface area contributed by atoms with Crippen LogP contribution in [0.15, 0.2) is 0 Å². The van der Waals surface area contributed by atoms with Gasteiger partial charge in [-0.25, -0.2) is 15.2 Å². The molecule has 244 valence electrons. The average molecular weight is 616 g/mol. The smallest absolute Gasteiger partial charge is 0.246 e. The number of nitrogens with zero attached hydrogens (tertiary/aromatic N) is 3. The largest absolute Gasteiger partial charge is 0.356 e. The molecule has 1 fully saturated rings. The van der Waals surface area contributed by atoms with Crippen LogP contribution in [-0.2, 0) is 33.6 Å². The number of hydroxylamine groups is 6. The Balaban J connectivity index is 2.55. The highest BCUT2D eigenvalue weighted by Crippen LogP contribution is 2.03. The molecule has 0 saturated carbocycles. The Bertz CT molecular complexity index is 949. The maximum atomic E-state index is 12.0. The van der Waals surface area contributed by atoms with E-state index in [1.54, 1.807) is 0 Å². The lowest BCUT2D eigenvalue weighted by Gasteiger charge is -2.15. The molecular formula is C26H45N7O10. The molecule has 1 aliphatic heterocycles. The maximum Gasteiger partial charge on any atom is 0.246 e. The molecule has 0 aliphatic carbocycles. The summed E-state index contributed by atoms with van der Waals surface area (Å²) in [4.78, 5) is 83.8. The summed E-state index contributed by atoms with van der Waals surface area (Å²) in [5, 5.41) is 41.1. The number of amides is 7. The molecular weight excluding hydrogens is 570 g/mol. The van der Waals surface area contributed by atoms with Crippen molar-refractivity contribution < 1.29 is 49.2 Å². The van der Waals surface area contributed by atoms with Crippen molar-refractivity contribution in [2.75, 3.05) is 45.8 Å². The summed E-state index contributed by atoms with van der Waals surface area (Å²) in [6.45, 7) is 0.156. The molecule has 1 aliphatic rings. The fourth-order valence-corrected chi connectivity index (χ4v) is 3.83. The average Bonchev–Trinajstić information content (AvgIpc) is 2.98. The lowest BCUT2D eigenvalue weighted by atomic mass is 10.2. The van der Waals surface area contributed by atoms with Crippen LogP contribution in [0.5, 0.6) is 0 Å². The SMILES string of the molecule is O=C1CCC(=O)N(O)CCCCCNC(=O)CCC(=O)N(O)CC(=O)NCCNC(=O)CCC(=O)N(O)CCCCCN1. The lowest BCUT2D eigenvalue weighted by Crippen LogP contribution is -2.41. The first-order chi connectivity index (χ1) is 20.5. The fourth-order valence-electron chi connectivity index (χ4n) is 3.83. The van der Waals surface area contributed by atoms with E-state index in [9.17, 15) is 49.2 Å². The van der Waals surface area contributed by atoms with Gasteiger partial charge in [-0.3, -0.25) is 49.2 Å². The maximum absolute atomic E-state index is 12.0. The third-order valence-electron chi connectivity index (χ3n) is 6.36. The summed E-state index contributed by atoms with van der Waals surface area (Å²) in [5.41, 5.74) is 0. The Morgan fingerprint density at radius 2 is 0.744 bits per heavy atom. The molecule has 7 amide bonds. The normalized spacial score (nSPS) is 21.0. The van der Waals surface area contributed by atoms with Gasteiger partial charge in [-0.2, -0.15) is 0 Å². The molecule has 0 spiro atoms. The second-order valence-electron chi connectivity index (χ2n) is 10.0. The van der Waals surface area contributed by atoms with Crippen molar-refractivity contribution >= 4 is 41.4 Å². The Labute approximate surface area is 250 Å². The minimum absolute atomic E-state index is 0.00216. The van der Waals surface area contributed by atoms with Crippen LogP contribution in [0.2, 0.25) is 0 Å². The van der Waals surface area contributed by atoms with Crippen molar-refractivity contribution in [1.29, 1.82) is 0 Å².